The smallest absolute Gasteiger partial charge is 0.257 e. The average Bonchev–Trinajstić information content (AvgIpc) is 3.40. The van der Waals surface area contributed by atoms with Crippen molar-refractivity contribution in [2.24, 2.45) is 0 Å². The van der Waals surface area contributed by atoms with Crippen molar-refractivity contribution >= 4 is 45.9 Å². The average molecular weight is 551 g/mol. The fourth-order valence-electron chi connectivity index (χ4n) is 3.76. The molecule has 1 aliphatic rings. The molecule has 1 aromatic carbocycles. The van der Waals surface area contributed by atoms with Gasteiger partial charge in [0.25, 0.3) is 5.91 Å². The van der Waals surface area contributed by atoms with E-state index in [9.17, 15) is 14.9 Å². The highest BCUT2D eigenvalue weighted by Gasteiger charge is 2.33. The molecule has 2 aromatic heterocycles. The van der Waals surface area contributed by atoms with Crippen LogP contribution in [-0.2, 0) is 4.79 Å². The molecule has 9 nitrogen and oxygen atoms in total. The van der Waals surface area contributed by atoms with Gasteiger partial charge in [0, 0.05) is 24.2 Å². The zero-order chi connectivity index (χ0) is 27.7. The number of nitriles is 1. The molecule has 0 bridgehead atoms. The van der Waals surface area contributed by atoms with Crippen molar-refractivity contribution in [1.29, 1.82) is 5.26 Å². The van der Waals surface area contributed by atoms with Crippen LogP contribution < -0.4 is 10.1 Å². The van der Waals surface area contributed by atoms with Crippen molar-refractivity contribution in [3.63, 3.8) is 0 Å². The Morgan fingerprint density at radius 1 is 1.29 bits per heavy atom. The minimum Gasteiger partial charge on any atom is -0.496 e. The fourth-order valence-corrected chi connectivity index (χ4v) is 5.70. The first-order chi connectivity index (χ1) is 18.4. The summed E-state index contributed by atoms with van der Waals surface area (Å²) in [6.07, 6.45) is 4.67. The van der Waals surface area contributed by atoms with Crippen LogP contribution >= 0.6 is 23.1 Å². The van der Waals surface area contributed by atoms with Gasteiger partial charge in [0.1, 0.15) is 17.6 Å². The third-order valence-electron chi connectivity index (χ3n) is 5.60. The van der Waals surface area contributed by atoms with Crippen LogP contribution in [0.15, 0.2) is 64.5 Å². The number of methoxy groups -OCH3 is 1. The SMILES string of the molecule is C=CC(=O)N1CCN(C(=O)c2cc(Sc3cnc(Nc4ccccn4)s3)c(C)cc2OC)CC1C#N.CC. The maximum Gasteiger partial charge on any atom is 0.257 e. The molecule has 0 aliphatic carbocycles. The van der Waals surface area contributed by atoms with Crippen LogP contribution in [0.2, 0.25) is 0 Å². The summed E-state index contributed by atoms with van der Waals surface area (Å²) in [7, 11) is 1.52. The minimum absolute atomic E-state index is 0.117. The van der Waals surface area contributed by atoms with Crippen molar-refractivity contribution in [3.05, 3.63) is 66.5 Å². The van der Waals surface area contributed by atoms with Crippen LogP contribution in [0.5, 0.6) is 5.75 Å². The van der Waals surface area contributed by atoms with E-state index in [1.54, 1.807) is 17.3 Å². The minimum atomic E-state index is -0.735. The molecule has 11 heteroatoms. The van der Waals surface area contributed by atoms with E-state index in [2.05, 4.69) is 27.9 Å². The summed E-state index contributed by atoms with van der Waals surface area (Å²) in [6.45, 7) is 10.1. The first-order valence-corrected chi connectivity index (χ1v) is 13.7. The third-order valence-corrected chi connectivity index (χ3v) is 7.77. The van der Waals surface area contributed by atoms with Gasteiger partial charge in [-0.1, -0.05) is 49.6 Å². The molecule has 3 aromatic rings. The van der Waals surface area contributed by atoms with Gasteiger partial charge in [-0.2, -0.15) is 5.26 Å². The molecule has 0 spiro atoms. The molecule has 1 aliphatic heterocycles. The fraction of sp³-hybridized carbons (Fsp3) is 0.296. The van der Waals surface area contributed by atoms with Crippen LogP contribution in [0.25, 0.3) is 0 Å². The van der Waals surface area contributed by atoms with Crippen molar-refractivity contribution in [2.45, 2.75) is 35.9 Å². The maximum absolute atomic E-state index is 13.5. The summed E-state index contributed by atoms with van der Waals surface area (Å²) in [6, 6.07) is 10.6. The topological polar surface area (TPSA) is 111 Å². The van der Waals surface area contributed by atoms with E-state index in [-0.39, 0.29) is 24.9 Å². The Hall–Kier alpha value is -3.88. The molecule has 1 fully saturated rings. The van der Waals surface area contributed by atoms with Gasteiger partial charge in [-0.05, 0) is 42.8 Å². The molecule has 2 amide bonds. The van der Waals surface area contributed by atoms with Crippen molar-refractivity contribution in [3.8, 4) is 11.8 Å². The summed E-state index contributed by atoms with van der Waals surface area (Å²) < 4.78 is 6.46. The molecule has 198 valence electrons. The lowest BCUT2D eigenvalue weighted by Crippen LogP contribution is -2.55. The Morgan fingerprint density at radius 3 is 2.74 bits per heavy atom. The second-order valence-corrected chi connectivity index (χ2v) is 10.2. The summed E-state index contributed by atoms with van der Waals surface area (Å²) >= 11 is 2.99. The molecule has 3 heterocycles. The molecule has 38 heavy (non-hydrogen) atoms. The Bertz CT molecular complexity index is 1320. The van der Waals surface area contributed by atoms with Gasteiger partial charge in [-0.15, -0.1) is 0 Å². The van der Waals surface area contributed by atoms with Gasteiger partial charge in [-0.3, -0.25) is 9.59 Å². The number of nitrogens with one attached hydrogen (secondary N) is 1. The van der Waals surface area contributed by atoms with E-state index in [1.165, 1.54) is 41.2 Å². The number of carbonyl (C=O) groups is 2. The second-order valence-electron chi connectivity index (χ2n) is 7.88. The number of rotatable bonds is 7. The van der Waals surface area contributed by atoms with E-state index in [1.807, 2.05) is 51.1 Å². The molecule has 4 rings (SSSR count). The van der Waals surface area contributed by atoms with E-state index < -0.39 is 6.04 Å². The number of aryl methyl sites for hydroxylation is 1. The Labute approximate surface area is 231 Å². The highest BCUT2D eigenvalue weighted by Crippen LogP contribution is 2.39. The van der Waals surface area contributed by atoms with Crippen molar-refractivity contribution in [2.75, 3.05) is 32.1 Å². The van der Waals surface area contributed by atoms with E-state index >= 15 is 0 Å². The number of hydrogen-bond acceptors (Lipinski definition) is 9. The number of carbonyl (C=O) groups excluding carboxylic acids is 2. The molecule has 1 N–H and O–H groups in total. The van der Waals surface area contributed by atoms with Gasteiger partial charge < -0.3 is 19.9 Å². The largest absolute Gasteiger partial charge is 0.496 e. The number of anilines is 2. The standard InChI is InChI=1S/C25H24N6O3S2.C2H6/c1-4-22(32)31-10-9-30(15-17(31)13-26)24(33)18-12-20(16(2)11-19(18)34-3)35-23-14-28-25(36-23)29-21-7-5-6-8-27-21;1-2/h4-8,11-12,14,17H,1,9-10,15H2,2-3H3,(H,27,28,29);1-2H3. The highest BCUT2D eigenvalue weighted by atomic mass is 32.2. The van der Waals surface area contributed by atoms with Crippen LogP contribution in [-0.4, -0.2) is 64.4 Å². The number of nitrogens with zero attached hydrogens (tertiary/aromatic N) is 5. The van der Waals surface area contributed by atoms with Gasteiger partial charge in [-0.25, -0.2) is 9.97 Å². The monoisotopic (exact) mass is 550 g/mol. The highest BCUT2D eigenvalue weighted by molar-refractivity contribution is 8.01. The summed E-state index contributed by atoms with van der Waals surface area (Å²) in [5.74, 6) is 0.604. The van der Waals surface area contributed by atoms with Gasteiger partial charge in [0.15, 0.2) is 5.13 Å². The quantitative estimate of drug-likeness (QED) is 0.403. The van der Waals surface area contributed by atoms with Crippen LogP contribution in [0.1, 0.15) is 29.8 Å². The number of piperazine rings is 1. The van der Waals surface area contributed by atoms with E-state index in [4.69, 9.17) is 4.74 Å². The molecule has 0 radical (unpaired) electrons. The number of hydrogen-bond donors (Lipinski definition) is 1. The van der Waals surface area contributed by atoms with E-state index in [0.717, 1.165) is 14.7 Å². The Morgan fingerprint density at radius 2 is 2.08 bits per heavy atom. The van der Waals surface area contributed by atoms with Crippen molar-refractivity contribution < 1.29 is 14.3 Å². The molecule has 1 unspecified atom stereocenters. The van der Waals surface area contributed by atoms with Gasteiger partial charge in [0.2, 0.25) is 5.91 Å². The predicted octanol–water partition coefficient (Wildman–Crippen LogP) is 5.14. The van der Waals surface area contributed by atoms with Crippen LogP contribution in [0.3, 0.4) is 0 Å². The lowest BCUT2D eigenvalue weighted by molar-refractivity contribution is -0.129. The lowest BCUT2D eigenvalue weighted by atomic mass is 10.1. The summed E-state index contributed by atoms with van der Waals surface area (Å²) in [5, 5.41) is 13.5. The summed E-state index contributed by atoms with van der Waals surface area (Å²) in [4.78, 5) is 38.1. The Kier molecular flexibility index (Phi) is 10.3. The zero-order valence-electron chi connectivity index (χ0n) is 21.8. The van der Waals surface area contributed by atoms with Crippen LogP contribution in [0.4, 0.5) is 10.9 Å². The predicted molar refractivity (Wildman–Crippen MR) is 150 cm³/mol. The number of amides is 2. The van der Waals surface area contributed by atoms with Gasteiger partial charge in [0.05, 0.1) is 35.7 Å². The third kappa shape index (κ3) is 6.70. The summed E-state index contributed by atoms with van der Waals surface area (Å²) in [5.41, 5.74) is 1.36. The van der Waals surface area contributed by atoms with Crippen molar-refractivity contribution in [1.82, 2.24) is 19.8 Å². The first kappa shape index (κ1) is 28.7. The zero-order valence-corrected chi connectivity index (χ0v) is 23.4. The molecule has 1 saturated heterocycles. The first-order valence-electron chi connectivity index (χ1n) is 12.1. The Balaban J connectivity index is 0.00000195. The molecule has 1 atom stereocenters. The molecular weight excluding hydrogens is 520 g/mol. The molecule has 0 saturated carbocycles. The number of pyridine rings is 1. The number of benzene rings is 1. The second kappa shape index (κ2) is 13.6. The lowest BCUT2D eigenvalue weighted by Gasteiger charge is -2.38. The molecular formula is C27H30N6O3S2. The van der Waals surface area contributed by atoms with E-state index in [0.29, 0.717) is 28.8 Å². The number of ether oxygens (including phenoxy) is 1. The van der Waals surface area contributed by atoms with Gasteiger partial charge >= 0.3 is 0 Å². The maximum atomic E-state index is 13.5. The number of thiazole rings is 1. The number of aromatic nitrogens is 2. The normalized spacial score (nSPS) is 14.6. The van der Waals surface area contributed by atoms with Crippen LogP contribution in [0, 0.1) is 18.3 Å².